The Kier molecular flexibility index (Phi) is 4.89. The van der Waals surface area contributed by atoms with Gasteiger partial charge in [0.2, 0.25) is 10.0 Å². The molecule has 25 heavy (non-hydrogen) atoms. The van der Waals surface area contributed by atoms with Crippen LogP contribution < -0.4 is 0 Å². The predicted octanol–water partition coefficient (Wildman–Crippen LogP) is 1.10. The summed E-state index contributed by atoms with van der Waals surface area (Å²) in [5.74, 6) is -1.12. The number of likely N-dealkylation sites (N-methyl/N-ethyl adjacent to an activating group) is 1. The molecule has 0 aromatic heterocycles. The summed E-state index contributed by atoms with van der Waals surface area (Å²) < 4.78 is 33.5. The van der Waals surface area contributed by atoms with Crippen molar-refractivity contribution >= 4 is 16.0 Å². The van der Waals surface area contributed by atoms with Gasteiger partial charge in [-0.25, -0.2) is 13.2 Å². The summed E-state index contributed by atoms with van der Waals surface area (Å²) in [6.45, 7) is 5.57. The van der Waals surface area contributed by atoms with E-state index < -0.39 is 16.0 Å². The van der Waals surface area contributed by atoms with Gasteiger partial charge in [0.05, 0.1) is 23.2 Å². The number of piperidine rings is 1. The van der Waals surface area contributed by atoms with Gasteiger partial charge in [0.1, 0.15) is 0 Å². The van der Waals surface area contributed by atoms with Crippen LogP contribution in [-0.4, -0.2) is 74.1 Å². The summed E-state index contributed by atoms with van der Waals surface area (Å²) >= 11 is 0. The Morgan fingerprint density at radius 3 is 2.64 bits per heavy atom. The van der Waals surface area contributed by atoms with E-state index in [1.807, 2.05) is 7.05 Å². The molecule has 3 rings (SSSR count). The van der Waals surface area contributed by atoms with E-state index in [1.54, 1.807) is 19.9 Å². The van der Waals surface area contributed by atoms with Gasteiger partial charge in [0, 0.05) is 25.7 Å². The van der Waals surface area contributed by atoms with Gasteiger partial charge in [-0.15, -0.1) is 0 Å². The van der Waals surface area contributed by atoms with E-state index in [9.17, 15) is 18.3 Å². The number of carboxylic acids is 1. The number of aryl methyl sites for hydroxylation is 2. The van der Waals surface area contributed by atoms with Crippen molar-refractivity contribution in [2.24, 2.45) is 0 Å². The molecule has 1 aromatic carbocycles. The number of carboxylic acid groups (broad SMARTS) is 1. The van der Waals surface area contributed by atoms with Gasteiger partial charge in [0.15, 0.2) is 0 Å². The molecule has 2 saturated heterocycles. The number of rotatable bonds is 3. The Morgan fingerprint density at radius 2 is 1.96 bits per heavy atom. The van der Waals surface area contributed by atoms with Crippen LogP contribution in [0.15, 0.2) is 17.0 Å². The zero-order chi connectivity index (χ0) is 18.4. The largest absolute Gasteiger partial charge is 0.478 e. The summed E-state index contributed by atoms with van der Waals surface area (Å²) in [4.78, 5) is 13.6. The number of hydrogen-bond donors (Lipinski definition) is 1. The van der Waals surface area contributed by atoms with Crippen LogP contribution in [0.2, 0.25) is 0 Å². The van der Waals surface area contributed by atoms with Crippen molar-refractivity contribution in [2.75, 3.05) is 33.3 Å². The van der Waals surface area contributed by atoms with Crippen molar-refractivity contribution in [3.05, 3.63) is 28.8 Å². The zero-order valence-electron chi connectivity index (χ0n) is 14.7. The van der Waals surface area contributed by atoms with Crippen LogP contribution in [0, 0.1) is 13.8 Å². The monoisotopic (exact) mass is 368 g/mol. The number of sulfonamides is 1. The highest BCUT2D eigenvalue weighted by atomic mass is 32.2. The fraction of sp³-hybridized carbons (Fsp3) is 0.588. The summed E-state index contributed by atoms with van der Waals surface area (Å²) in [5.41, 5.74) is 1.15. The number of ether oxygens (including phenoxy) is 1. The number of aromatic carboxylic acids is 1. The maximum absolute atomic E-state index is 13.1. The van der Waals surface area contributed by atoms with Gasteiger partial charge in [-0.2, -0.15) is 4.31 Å². The highest BCUT2D eigenvalue weighted by Gasteiger charge is 2.40. The number of fused-ring (bicyclic) bond motifs is 1. The minimum Gasteiger partial charge on any atom is -0.478 e. The Hall–Kier alpha value is -1.48. The van der Waals surface area contributed by atoms with Crippen molar-refractivity contribution in [2.45, 2.75) is 37.3 Å². The van der Waals surface area contributed by atoms with Crippen molar-refractivity contribution in [1.82, 2.24) is 9.21 Å². The lowest BCUT2D eigenvalue weighted by molar-refractivity contribution is -0.0840. The Balaban J connectivity index is 1.94. The SMILES string of the molecule is Cc1cc(C)c(S(=O)(=O)N2CCC3OCCN(C)C3C2)cc1C(=O)O. The molecule has 0 bridgehead atoms. The van der Waals surface area contributed by atoms with E-state index in [0.717, 1.165) is 6.54 Å². The van der Waals surface area contributed by atoms with Gasteiger partial charge in [0.25, 0.3) is 0 Å². The molecule has 0 spiro atoms. The molecule has 0 amide bonds. The molecule has 2 aliphatic rings. The lowest BCUT2D eigenvalue weighted by atomic mass is 10.0. The third-order valence-electron chi connectivity index (χ3n) is 5.20. The smallest absolute Gasteiger partial charge is 0.335 e. The molecule has 7 nitrogen and oxygen atoms in total. The molecular formula is C17H24N2O5S. The fourth-order valence-electron chi connectivity index (χ4n) is 3.71. The Bertz CT molecular complexity index is 792. The van der Waals surface area contributed by atoms with E-state index >= 15 is 0 Å². The highest BCUT2D eigenvalue weighted by molar-refractivity contribution is 7.89. The average Bonchev–Trinajstić information content (AvgIpc) is 2.54. The van der Waals surface area contributed by atoms with Crippen molar-refractivity contribution in [3.8, 4) is 0 Å². The second-order valence-corrected chi connectivity index (χ2v) is 8.75. The maximum Gasteiger partial charge on any atom is 0.335 e. The molecule has 0 radical (unpaired) electrons. The molecule has 1 N–H and O–H groups in total. The van der Waals surface area contributed by atoms with Gasteiger partial charge in [-0.1, -0.05) is 6.07 Å². The summed E-state index contributed by atoms with van der Waals surface area (Å²) in [7, 11) is -1.77. The molecule has 8 heteroatoms. The predicted molar refractivity (Wildman–Crippen MR) is 92.4 cm³/mol. The lowest BCUT2D eigenvalue weighted by Crippen LogP contribution is -2.59. The van der Waals surface area contributed by atoms with Crippen LogP contribution in [0.4, 0.5) is 0 Å². The number of benzene rings is 1. The molecule has 0 aliphatic carbocycles. The van der Waals surface area contributed by atoms with Gasteiger partial charge in [-0.05, 0) is 44.5 Å². The van der Waals surface area contributed by atoms with Crippen molar-refractivity contribution in [1.29, 1.82) is 0 Å². The van der Waals surface area contributed by atoms with Crippen LogP contribution in [0.25, 0.3) is 0 Å². The fourth-order valence-corrected chi connectivity index (χ4v) is 5.42. The molecule has 2 unspecified atom stereocenters. The Labute approximate surface area is 148 Å². The first kappa shape index (κ1) is 18.3. The second-order valence-electron chi connectivity index (χ2n) is 6.85. The molecule has 2 atom stereocenters. The number of nitrogens with zero attached hydrogens (tertiary/aromatic N) is 2. The zero-order valence-corrected chi connectivity index (χ0v) is 15.5. The van der Waals surface area contributed by atoms with E-state index in [2.05, 4.69) is 4.90 Å². The quantitative estimate of drug-likeness (QED) is 0.860. The highest BCUT2D eigenvalue weighted by Crippen LogP contribution is 2.29. The van der Waals surface area contributed by atoms with Crippen molar-refractivity contribution in [3.63, 3.8) is 0 Å². The lowest BCUT2D eigenvalue weighted by Gasteiger charge is -2.45. The van der Waals surface area contributed by atoms with Gasteiger partial charge in [-0.3, -0.25) is 4.90 Å². The van der Waals surface area contributed by atoms with E-state index in [-0.39, 0.29) is 22.6 Å². The minimum atomic E-state index is -3.75. The van der Waals surface area contributed by atoms with E-state index in [0.29, 0.717) is 37.2 Å². The average molecular weight is 368 g/mol. The van der Waals surface area contributed by atoms with Crippen LogP contribution >= 0.6 is 0 Å². The van der Waals surface area contributed by atoms with Gasteiger partial charge >= 0.3 is 5.97 Å². The van der Waals surface area contributed by atoms with Crippen molar-refractivity contribution < 1.29 is 23.1 Å². The van der Waals surface area contributed by atoms with Gasteiger partial charge < -0.3 is 9.84 Å². The third kappa shape index (κ3) is 3.31. The first-order valence-corrected chi connectivity index (χ1v) is 9.82. The first-order chi connectivity index (χ1) is 11.7. The number of hydrogen-bond acceptors (Lipinski definition) is 5. The molecule has 138 valence electrons. The van der Waals surface area contributed by atoms with Crippen LogP contribution in [-0.2, 0) is 14.8 Å². The Morgan fingerprint density at radius 1 is 1.24 bits per heavy atom. The van der Waals surface area contributed by atoms with E-state index in [4.69, 9.17) is 4.74 Å². The molecule has 2 heterocycles. The first-order valence-electron chi connectivity index (χ1n) is 8.38. The molecule has 1 aromatic rings. The summed E-state index contributed by atoms with van der Waals surface area (Å²) in [5, 5.41) is 9.31. The maximum atomic E-state index is 13.1. The van der Waals surface area contributed by atoms with E-state index in [1.165, 1.54) is 10.4 Å². The number of carbonyl (C=O) groups is 1. The summed E-state index contributed by atoms with van der Waals surface area (Å²) in [6, 6.07) is 2.94. The van der Waals surface area contributed by atoms with Crippen LogP contribution in [0.1, 0.15) is 27.9 Å². The normalized spacial score (nSPS) is 25.6. The standard InChI is InChI=1S/C17H24N2O5S/c1-11-8-12(2)16(9-13(11)17(20)21)25(22,23)19-5-4-15-14(10-19)18(3)6-7-24-15/h8-9,14-15H,4-7,10H2,1-3H3,(H,20,21). The molecule has 0 saturated carbocycles. The topological polar surface area (TPSA) is 87.2 Å². The van der Waals surface area contributed by atoms with Crippen LogP contribution in [0.5, 0.6) is 0 Å². The molecular weight excluding hydrogens is 344 g/mol. The van der Waals surface area contributed by atoms with Crippen LogP contribution in [0.3, 0.4) is 0 Å². The number of morpholine rings is 1. The molecule has 2 fully saturated rings. The second kappa shape index (κ2) is 6.68. The molecule has 2 aliphatic heterocycles. The summed E-state index contributed by atoms with van der Waals surface area (Å²) in [6.07, 6.45) is 0.698. The minimum absolute atomic E-state index is 0.0252. The third-order valence-corrected chi connectivity index (χ3v) is 7.20.